The van der Waals surface area contributed by atoms with Crippen molar-refractivity contribution in [2.45, 2.75) is 37.5 Å². The van der Waals surface area contributed by atoms with Crippen LogP contribution in [0.25, 0.3) is 41.4 Å². The van der Waals surface area contributed by atoms with Crippen LogP contribution < -0.4 is 0 Å². The van der Waals surface area contributed by atoms with E-state index in [2.05, 4.69) is 12.1 Å². The Morgan fingerprint density at radius 2 is 0.833 bits per heavy atom. The molecule has 10 rings (SSSR count). The third-order valence-electron chi connectivity index (χ3n) is 10.8. The Morgan fingerprint density at radius 1 is 0.463 bits per heavy atom. The molecule has 4 aromatic heterocycles. The highest BCUT2D eigenvalue weighted by Crippen LogP contribution is 2.63. The van der Waals surface area contributed by atoms with Crippen LogP contribution in [0.3, 0.4) is 0 Å². The number of hydrogen-bond acceptors (Lipinski definition) is 8. The quantitative estimate of drug-likeness (QED) is 0.101. The molecule has 1 saturated carbocycles. The number of ketones is 4. The summed E-state index contributed by atoms with van der Waals surface area (Å²) >= 11 is 6.32. The lowest BCUT2D eigenvalue weighted by atomic mass is 9.68. The van der Waals surface area contributed by atoms with E-state index in [1.165, 1.54) is 62.1 Å². The fraction of sp³-hybridized carbons (Fsp3) is 0.143. The number of thiophene rings is 4. The van der Waals surface area contributed by atoms with Crippen molar-refractivity contribution in [3.63, 3.8) is 0 Å². The Bertz CT molecular complexity index is 2520. The molecule has 0 saturated heterocycles. The van der Waals surface area contributed by atoms with Crippen LogP contribution in [0.1, 0.15) is 94.4 Å². The van der Waals surface area contributed by atoms with Gasteiger partial charge in [-0.15, -0.1) is 45.3 Å². The van der Waals surface area contributed by atoms with Crippen molar-refractivity contribution in [2.24, 2.45) is 0 Å². The molecule has 12 heteroatoms. The van der Waals surface area contributed by atoms with E-state index in [1.807, 2.05) is 24.3 Å². The second kappa shape index (κ2) is 12.1. The average molecular weight is 795 g/mol. The van der Waals surface area contributed by atoms with Gasteiger partial charge in [0.15, 0.2) is 46.4 Å². The van der Waals surface area contributed by atoms with Crippen molar-refractivity contribution >= 4 is 80.6 Å². The maximum Gasteiger partial charge on any atom is 0.197 e. The molecular formula is C42H22F4O4S4. The zero-order chi connectivity index (χ0) is 37.2. The molecule has 4 nitrogen and oxygen atoms in total. The maximum atomic E-state index is 13.9. The summed E-state index contributed by atoms with van der Waals surface area (Å²) in [6, 6.07) is 15.3. The van der Waals surface area contributed by atoms with Gasteiger partial charge in [0.05, 0.1) is 11.1 Å². The van der Waals surface area contributed by atoms with Gasteiger partial charge < -0.3 is 0 Å². The molecule has 4 aliphatic rings. The van der Waals surface area contributed by atoms with Gasteiger partial charge in [0, 0.05) is 66.7 Å². The lowest BCUT2D eigenvalue weighted by Crippen LogP contribution is -2.27. The molecule has 2 aromatic carbocycles. The Morgan fingerprint density at radius 3 is 1.20 bits per heavy atom. The Kier molecular flexibility index (Phi) is 7.52. The summed E-state index contributed by atoms with van der Waals surface area (Å²) in [4.78, 5) is 59.9. The normalized spacial score (nSPS) is 16.7. The summed E-state index contributed by atoms with van der Waals surface area (Å²) < 4.78 is 55.4. The van der Waals surface area contributed by atoms with E-state index in [9.17, 15) is 36.7 Å². The number of carbonyl (C=O) groups excluding carboxylic acids is 4. The monoisotopic (exact) mass is 794 g/mol. The maximum absolute atomic E-state index is 13.9. The lowest BCUT2D eigenvalue weighted by Gasteiger charge is -2.34. The highest BCUT2D eigenvalue weighted by Gasteiger charge is 2.47. The first-order valence-electron chi connectivity index (χ1n) is 17.1. The van der Waals surface area contributed by atoms with Crippen LogP contribution in [0.4, 0.5) is 17.6 Å². The summed E-state index contributed by atoms with van der Waals surface area (Å²) in [7, 11) is 0. The topological polar surface area (TPSA) is 68.3 Å². The van der Waals surface area contributed by atoms with Gasteiger partial charge in [-0.3, -0.25) is 19.2 Å². The molecule has 1 fully saturated rings. The van der Waals surface area contributed by atoms with E-state index >= 15 is 0 Å². The second-order valence-electron chi connectivity index (χ2n) is 13.8. The van der Waals surface area contributed by atoms with Crippen LogP contribution in [0.15, 0.2) is 71.8 Å². The van der Waals surface area contributed by atoms with E-state index < -0.39 is 46.4 Å². The lowest BCUT2D eigenvalue weighted by molar-refractivity contribution is 0.0975. The molecule has 4 aliphatic carbocycles. The molecule has 0 atom stereocenters. The zero-order valence-corrected chi connectivity index (χ0v) is 31.0. The van der Waals surface area contributed by atoms with Crippen LogP contribution >= 0.6 is 45.3 Å². The van der Waals surface area contributed by atoms with Crippen LogP contribution in [-0.4, -0.2) is 23.1 Å². The highest BCUT2D eigenvalue weighted by molar-refractivity contribution is 7.29. The van der Waals surface area contributed by atoms with Crippen molar-refractivity contribution in [1.29, 1.82) is 0 Å². The van der Waals surface area contributed by atoms with E-state index in [0.29, 0.717) is 9.75 Å². The summed E-state index contributed by atoms with van der Waals surface area (Å²) in [5.41, 5.74) is 1.80. The molecule has 4 heterocycles. The van der Waals surface area contributed by atoms with Gasteiger partial charge in [-0.2, -0.15) is 0 Å². The molecule has 54 heavy (non-hydrogen) atoms. The third kappa shape index (κ3) is 4.89. The Balaban J connectivity index is 0.969. The smallest absolute Gasteiger partial charge is 0.197 e. The molecule has 0 bridgehead atoms. The number of allylic oxidation sites excluding steroid dienone is 2. The number of fused-ring (bicyclic) bond motifs is 7. The number of benzene rings is 2. The number of halogens is 4. The average Bonchev–Trinajstić information content (AvgIpc) is 4.03. The number of Topliss-reactive ketones (excluding diaryl/α,β-unsaturated/α-hetero) is 4. The number of carbonyl (C=O) groups is 4. The Hall–Kier alpha value is -4.88. The van der Waals surface area contributed by atoms with Gasteiger partial charge in [0.25, 0.3) is 0 Å². The van der Waals surface area contributed by atoms with E-state index in [0.717, 1.165) is 69.5 Å². The Labute approximate surface area is 320 Å². The standard InChI is InChI=1S/C42H22F4O4S4/c43-28-12-20-21(13-29(28)44)37(48)24(36(20)47)10-18-4-6-32(51-18)34-16-26-40(53-34)41-27(42(26)8-2-1-3-9-42)17-35(54-41)33-7-5-19(52-33)11-25-38(49)22-14-30(45)31(46)15-23(22)39(25)50/h4-7,10-17H,1-3,8-9H2. The van der Waals surface area contributed by atoms with Crippen LogP contribution in [0.2, 0.25) is 0 Å². The molecule has 1 spiro atoms. The minimum absolute atomic E-state index is 0.112. The summed E-state index contributed by atoms with van der Waals surface area (Å²) in [6.45, 7) is 0. The first kappa shape index (κ1) is 33.7. The van der Waals surface area contributed by atoms with Crippen LogP contribution in [0, 0.1) is 23.3 Å². The molecule has 0 unspecified atom stereocenters. The van der Waals surface area contributed by atoms with Crippen molar-refractivity contribution in [3.05, 3.63) is 138 Å². The molecule has 0 N–H and O–H groups in total. The van der Waals surface area contributed by atoms with Gasteiger partial charge in [0.2, 0.25) is 0 Å². The van der Waals surface area contributed by atoms with Gasteiger partial charge in [-0.05, 0) is 96.8 Å². The van der Waals surface area contributed by atoms with E-state index in [-0.39, 0.29) is 38.8 Å². The highest BCUT2D eigenvalue weighted by atomic mass is 32.1. The van der Waals surface area contributed by atoms with Crippen molar-refractivity contribution in [2.75, 3.05) is 0 Å². The van der Waals surface area contributed by atoms with Gasteiger partial charge in [-0.25, -0.2) is 17.6 Å². The fourth-order valence-corrected chi connectivity index (χ4v) is 13.0. The number of rotatable bonds is 4. The predicted octanol–water partition coefficient (Wildman–Crippen LogP) is 12.0. The fourth-order valence-electron chi connectivity index (χ4n) is 8.22. The van der Waals surface area contributed by atoms with Crippen molar-refractivity contribution < 1.29 is 36.7 Å². The largest absolute Gasteiger partial charge is 0.288 e. The summed E-state index contributed by atoms with van der Waals surface area (Å²) in [5, 5.41) is 0. The van der Waals surface area contributed by atoms with Crippen LogP contribution in [0.5, 0.6) is 0 Å². The van der Waals surface area contributed by atoms with Crippen molar-refractivity contribution in [3.8, 4) is 29.3 Å². The van der Waals surface area contributed by atoms with Crippen molar-refractivity contribution in [1.82, 2.24) is 0 Å². The van der Waals surface area contributed by atoms with Crippen LogP contribution in [-0.2, 0) is 5.41 Å². The first-order chi connectivity index (χ1) is 26.0. The first-order valence-corrected chi connectivity index (χ1v) is 20.4. The van der Waals surface area contributed by atoms with Gasteiger partial charge in [-0.1, -0.05) is 19.3 Å². The third-order valence-corrected chi connectivity index (χ3v) is 15.7. The van der Waals surface area contributed by atoms with E-state index in [4.69, 9.17) is 0 Å². The molecule has 0 aliphatic heterocycles. The summed E-state index contributed by atoms with van der Waals surface area (Å²) in [6.07, 6.45) is 8.46. The minimum Gasteiger partial charge on any atom is -0.288 e. The SMILES string of the molecule is O=C1C(=Cc2ccc(-c3cc4c(s3)-c3sc(-c5ccc(C=C6C(=O)c7cc(F)c(F)cc7C6=O)s5)cc3C43CCCCC3)s2)C(=O)c2cc(F)c(F)cc21. The molecule has 0 amide bonds. The summed E-state index contributed by atoms with van der Waals surface area (Å²) in [5.74, 6) is -7.15. The van der Waals surface area contributed by atoms with Gasteiger partial charge in [0.1, 0.15) is 0 Å². The van der Waals surface area contributed by atoms with Gasteiger partial charge >= 0.3 is 0 Å². The predicted molar refractivity (Wildman–Crippen MR) is 204 cm³/mol. The molecule has 266 valence electrons. The zero-order valence-electron chi connectivity index (χ0n) is 27.7. The molecule has 0 radical (unpaired) electrons. The van der Waals surface area contributed by atoms with E-state index in [1.54, 1.807) is 22.7 Å². The number of hydrogen-bond donors (Lipinski definition) is 0. The second-order valence-corrected chi connectivity index (χ2v) is 18.1. The molecular weight excluding hydrogens is 773 g/mol. The minimum atomic E-state index is -1.17. The molecule has 6 aromatic rings.